The molecule has 1 aromatic carbocycles. The van der Waals surface area contributed by atoms with Gasteiger partial charge in [0.15, 0.2) is 11.0 Å². The second-order valence-corrected chi connectivity index (χ2v) is 7.66. The zero-order valence-corrected chi connectivity index (χ0v) is 17.1. The van der Waals surface area contributed by atoms with Crippen molar-refractivity contribution in [1.29, 1.82) is 5.26 Å². The Morgan fingerprint density at radius 2 is 2.13 bits per heavy atom. The number of nitriles is 1. The van der Waals surface area contributed by atoms with Gasteiger partial charge in [0.25, 0.3) is 0 Å². The van der Waals surface area contributed by atoms with Gasteiger partial charge >= 0.3 is 0 Å². The van der Waals surface area contributed by atoms with Crippen molar-refractivity contribution >= 4 is 23.6 Å². The van der Waals surface area contributed by atoms with Crippen molar-refractivity contribution in [2.45, 2.75) is 12.1 Å². The van der Waals surface area contributed by atoms with Crippen LogP contribution in [0.4, 0.5) is 10.3 Å². The topological polar surface area (TPSA) is 91.2 Å². The third-order valence-corrected chi connectivity index (χ3v) is 5.71. The fraction of sp³-hybridized carbons (Fsp3) is 0.300. The molecular weight excluding hydrogens is 407 g/mol. The van der Waals surface area contributed by atoms with Gasteiger partial charge in [-0.15, -0.1) is 0 Å². The first-order chi connectivity index (χ1) is 14.5. The Labute approximate surface area is 176 Å². The zero-order valence-electron chi connectivity index (χ0n) is 16.3. The van der Waals surface area contributed by atoms with Crippen LogP contribution in [0.15, 0.2) is 46.2 Å². The van der Waals surface area contributed by atoms with Gasteiger partial charge in [-0.25, -0.2) is 14.4 Å². The molecule has 0 atom stereocenters. The normalized spacial score (nSPS) is 14.0. The Morgan fingerprint density at radius 1 is 1.33 bits per heavy atom. The van der Waals surface area contributed by atoms with E-state index in [-0.39, 0.29) is 23.2 Å². The minimum absolute atomic E-state index is 0.00250. The third kappa shape index (κ3) is 4.16. The summed E-state index contributed by atoms with van der Waals surface area (Å²) in [5.74, 6) is 0.825. The van der Waals surface area contributed by atoms with Crippen LogP contribution in [0.1, 0.15) is 11.6 Å². The summed E-state index contributed by atoms with van der Waals surface area (Å²) in [6.45, 7) is 3.90. The number of rotatable bonds is 5. The number of halogens is 1. The highest BCUT2D eigenvalue weighted by Gasteiger charge is 2.26. The standard InChI is InChI=1S/C20H19FN6O2S/c1-14-24-17(12-22)19(29-14)26-9-7-25(8-10-26)18(28)13-30-20-23-5-6-27(20)16-4-2-3-15(21)11-16/h2-6,11H,7-10,13H2,1H3. The minimum Gasteiger partial charge on any atom is -0.424 e. The maximum atomic E-state index is 13.5. The Bertz CT molecular complexity index is 1100. The molecule has 2 aromatic heterocycles. The number of hydrogen-bond donors (Lipinski definition) is 0. The molecule has 0 saturated carbocycles. The summed E-state index contributed by atoms with van der Waals surface area (Å²) in [5, 5.41) is 9.82. The number of carbonyl (C=O) groups excluding carboxylic acids is 1. The van der Waals surface area contributed by atoms with E-state index in [1.165, 1.54) is 23.9 Å². The molecule has 1 aliphatic rings. The van der Waals surface area contributed by atoms with Crippen LogP contribution in [0.25, 0.3) is 5.69 Å². The van der Waals surface area contributed by atoms with Crippen molar-refractivity contribution in [1.82, 2.24) is 19.4 Å². The van der Waals surface area contributed by atoms with Crippen molar-refractivity contribution in [2.24, 2.45) is 0 Å². The molecule has 154 valence electrons. The predicted octanol–water partition coefficient (Wildman–Crippen LogP) is 2.62. The summed E-state index contributed by atoms with van der Waals surface area (Å²) < 4.78 is 20.8. The van der Waals surface area contributed by atoms with Crippen LogP contribution in [0.5, 0.6) is 0 Å². The largest absolute Gasteiger partial charge is 0.424 e. The van der Waals surface area contributed by atoms with Gasteiger partial charge in [0.05, 0.1) is 11.4 Å². The highest BCUT2D eigenvalue weighted by molar-refractivity contribution is 7.99. The van der Waals surface area contributed by atoms with Crippen LogP contribution in [-0.4, -0.2) is 57.3 Å². The molecule has 1 aliphatic heterocycles. The molecule has 0 aliphatic carbocycles. The van der Waals surface area contributed by atoms with Crippen molar-refractivity contribution in [3.05, 3.63) is 54.1 Å². The average Bonchev–Trinajstić information content (AvgIpc) is 3.38. The number of benzene rings is 1. The SMILES string of the molecule is Cc1nc(C#N)c(N2CCN(C(=O)CSc3nccn3-c3cccc(F)c3)CC2)o1. The van der Waals surface area contributed by atoms with E-state index in [2.05, 4.69) is 9.97 Å². The molecule has 0 unspecified atom stereocenters. The number of nitrogens with zero attached hydrogens (tertiary/aromatic N) is 6. The first kappa shape index (κ1) is 20.0. The fourth-order valence-corrected chi connectivity index (χ4v) is 4.17. The highest BCUT2D eigenvalue weighted by Crippen LogP contribution is 2.24. The van der Waals surface area contributed by atoms with Crippen LogP contribution in [0.3, 0.4) is 0 Å². The minimum atomic E-state index is -0.326. The van der Waals surface area contributed by atoms with E-state index in [0.717, 1.165) is 0 Å². The van der Waals surface area contributed by atoms with Gasteiger partial charge in [0.1, 0.15) is 11.9 Å². The van der Waals surface area contributed by atoms with Gasteiger partial charge in [0, 0.05) is 45.5 Å². The van der Waals surface area contributed by atoms with Crippen LogP contribution in [-0.2, 0) is 4.79 Å². The second-order valence-electron chi connectivity index (χ2n) is 6.71. The summed E-state index contributed by atoms with van der Waals surface area (Å²) >= 11 is 1.32. The number of imidazole rings is 1. The lowest BCUT2D eigenvalue weighted by atomic mass is 10.3. The zero-order chi connectivity index (χ0) is 21.1. The monoisotopic (exact) mass is 426 g/mol. The third-order valence-electron chi connectivity index (χ3n) is 4.76. The molecule has 3 aromatic rings. The number of carbonyl (C=O) groups is 1. The van der Waals surface area contributed by atoms with Crippen LogP contribution in [0.2, 0.25) is 0 Å². The van der Waals surface area contributed by atoms with Crippen molar-refractivity contribution < 1.29 is 13.6 Å². The second kappa shape index (κ2) is 8.59. The molecule has 1 saturated heterocycles. The Balaban J connectivity index is 1.34. The van der Waals surface area contributed by atoms with E-state index in [0.29, 0.717) is 48.8 Å². The summed E-state index contributed by atoms with van der Waals surface area (Å²) in [6, 6.07) is 8.28. The molecule has 30 heavy (non-hydrogen) atoms. The lowest BCUT2D eigenvalue weighted by Crippen LogP contribution is -2.49. The first-order valence-electron chi connectivity index (χ1n) is 9.37. The van der Waals surface area contributed by atoms with E-state index in [1.807, 2.05) is 11.0 Å². The molecule has 0 N–H and O–H groups in total. The first-order valence-corrected chi connectivity index (χ1v) is 10.4. The van der Waals surface area contributed by atoms with Crippen LogP contribution < -0.4 is 4.90 Å². The number of thioether (sulfide) groups is 1. The van der Waals surface area contributed by atoms with E-state index in [4.69, 9.17) is 4.42 Å². The number of hydrogen-bond acceptors (Lipinski definition) is 7. The maximum Gasteiger partial charge on any atom is 0.234 e. The molecule has 10 heteroatoms. The number of aryl methyl sites for hydroxylation is 1. The van der Waals surface area contributed by atoms with Gasteiger partial charge < -0.3 is 14.2 Å². The molecule has 4 rings (SSSR count). The summed E-state index contributed by atoms with van der Waals surface area (Å²) in [6.07, 6.45) is 3.37. The molecule has 0 bridgehead atoms. The highest BCUT2D eigenvalue weighted by atomic mass is 32.2. The molecular formula is C20H19FN6O2S. The number of oxazole rings is 1. The Hall–Kier alpha value is -3.32. The van der Waals surface area contributed by atoms with Crippen molar-refractivity contribution in [2.75, 3.05) is 36.8 Å². The van der Waals surface area contributed by atoms with E-state index in [9.17, 15) is 14.4 Å². The van der Waals surface area contributed by atoms with Gasteiger partial charge in [-0.2, -0.15) is 5.26 Å². The average molecular weight is 426 g/mol. The van der Waals surface area contributed by atoms with Gasteiger partial charge in [-0.1, -0.05) is 17.8 Å². The molecule has 1 fully saturated rings. The number of amides is 1. The summed E-state index contributed by atoms with van der Waals surface area (Å²) in [7, 11) is 0. The van der Waals surface area contributed by atoms with E-state index >= 15 is 0 Å². The molecule has 8 nitrogen and oxygen atoms in total. The van der Waals surface area contributed by atoms with Crippen molar-refractivity contribution in [3.63, 3.8) is 0 Å². The quantitative estimate of drug-likeness (QED) is 0.579. The Kier molecular flexibility index (Phi) is 5.72. The lowest BCUT2D eigenvalue weighted by molar-refractivity contribution is -0.128. The maximum absolute atomic E-state index is 13.5. The fourth-order valence-electron chi connectivity index (χ4n) is 3.30. The van der Waals surface area contributed by atoms with Crippen LogP contribution in [0, 0.1) is 24.1 Å². The summed E-state index contributed by atoms with van der Waals surface area (Å²) in [5.41, 5.74) is 0.929. The number of anilines is 1. The molecule has 1 amide bonds. The predicted molar refractivity (Wildman–Crippen MR) is 109 cm³/mol. The number of piperazine rings is 1. The van der Waals surface area contributed by atoms with Crippen molar-refractivity contribution in [3.8, 4) is 11.8 Å². The molecule has 0 spiro atoms. The van der Waals surface area contributed by atoms with E-state index < -0.39 is 0 Å². The Morgan fingerprint density at radius 3 is 2.87 bits per heavy atom. The number of aromatic nitrogens is 3. The van der Waals surface area contributed by atoms with E-state index in [1.54, 1.807) is 40.9 Å². The van der Waals surface area contributed by atoms with Gasteiger partial charge in [-0.05, 0) is 18.2 Å². The van der Waals surface area contributed by atoms with Crippen LogP contribution >= 0.6 is 11.8 Å². The molecule has 0 radical (unpaired) electrons. The summed E-state index contributed by atoms with van der Waals surface area (Å²) in [4.78, 5) is 24.7. The van der Waals surface area contributed by atoms with Gasteiger partial charge in [-0.3, -0.25) is 9.36 Å². The lowest BCUT2D eigenvalue weighted by Gasteiger charge is -2.34. The molecule has 3 heterocycles. The smallest absolute Gasteiger partial charge is 0.234 e. The van der Waals surface area contributed by atoms with Gasteiger partial charge in [0.2, 0.25) is 17.5 Å².